The first-order chi connectivity index (χ1) is 9.52. The highest BCUT2D eigenvalue weighted by molar-refractivity contribution is 5.93. The molecule has 1 aliphatic carbocycles. The molecule has 2 rings (SSSR count). The van der Waals surface area contributed by atoms with Crippen LogP contribution in [0.15, 0.2) is 18.2 Å². The van der Waals surface area contributed by atoms with E-state index in [-0.39, 0.29) is 23.4 Å². The average molecular weight is 277 g/mol. The summed E-state index contributed by atoms with van der Waals surface area (Å²) in [6.07, 6.45) is 2.88. The van der Waals surface area contributed by atoms with Gasteiger partial charge in [0.2, 0.25) is 5.91 Å². The molecule has 0 heterocycles. The lowest BCUT2D eigenvalue weighted by atomic mass is 9.95. The number of nitro groups is 1. The molecule has 0 aliphatic heterocycles. The number of amides is 1. The highest BCUT2D eigenvalue weighted by atomic mass is 16.6. The van der Waals surface area contributed by atoms with Gasteiger partial charge in [-0.25, -0.2) is 0 Å². The third-order valence-corrected chi connectivity index (χ3v) is 3.98. The lowest BCUT2D eigenvalue weighted by Crippen LogP contribution is -2.29. The Morgan fingerprint density at radius 2 is 2.25 bits per heavy atom. The van der Waals surface area contributed by atoms with Gasteiger partial charge in [0, 0.05) is 23.7 Å². The number of non-ortho nitro benzene ring substituents is 1. The molecule has 0 bridgehead atoms. The molecular formula is C14H19N3O3. The number of hydrogen-bond acceptors (Lipinski definition) is 4. The Morgan fingerprint density at radius 1 is 1.50 bits per heavy atom. The van der Waals surface area contributed by atoms with Crippen molar-refractivity contribution in [2.24, 2.45) is 17.6 Å². The quantitative estimate of drug-likeness (QED) is 0.651. The Kier molecular flexibility index (Phi) is 4.34. The number of hydrogen-bond donors (Lipinski definition) is 2. The molecule has 1 fully saturated rings. The molecule has 1 aromatic rings. The zero-order valence-corrected chi connectivity index (χ0v) is 11.5. The van der Waals surface area contributed by atoms with Crippen LogP contribution in [0.3, 0.4) is 0 Å². The van der Waals surface area contributed by atoms with E-state index in [0.717, 1.165) is 19.3 Å². The minimum atomic E-state index is -0.444. The first kappa shape index (κ1) is 14.5. The van der Waals surface area contributed by atoms with E-state index in [2.05, 4.69) is 5.32 Å². The van der Waals surface area contributed by atoms with Crippen LogP contribution in [0.2, 0.25) is 0 Å². The predicted octanol–water partition coefficient (Wildman–Crippen LogP) is 2.22. The van der Waals surface area contributed by atoms with E-state index in [9.17, 15) is 14.9 Å². The van der Waals surface area contributed by atoms with Crippen molar-refractivity contribution >= 4 is 17.3 Å². The smallest absolute Gasteiger partial charge is 0.269 e. The number of carbonyl (C=O) groups is 1. The van der Waals surface area contributed by atoms with Crippen LogP contribution in [0, 0.1) is 28.9 Å². The number of carbonyl (C=O) groups excluding carboxylic acids is 1. The van der Waals surface area contributed by atoms with Gasteiger partial charge in [-0.3, -0.25) is 14.9 Å². The molecule has 0 saturated heterocycles. The Morgan fingerprint density at radius 3 is 2.85 bits per heavy atom. The van der Waals surface area contributed by atoms with Crippen molar-refractivity contribution in [3.05, 3.63) is 33.9 Å². The van der Waals surface area contributed by atoms with Crippen molar-refractivity contribution in [3.8, 4) is 0 Å². The van der Waals surface area contributed by atoms with E-state index in [0.29, 0.717) is 17.8 Å². The molecule has 2 unspecified atom stereocenters. The van der Waals surface area contributed by atoms with Crippen molar-refractivity contribution in [2.45, 2.75) is 26.2 Å². The van der Waals surface area contributed by atoms with Crippen LogP contribution < -0.4 is 11.1 Å². The standard InChI is InChI=1S/C14H19N3O3/c1-9-7-11(17(19)20)5-6-13(9)16-14(18)12-4-2-3-10(12)8-15/h5-7,10,12H,2-4,8,15H2,1H3,(H,16,18). The van der Waals surface area contributed by atoms with E-state index >= 15 is 0 Å². The molecule has 1 aliphatic rings. The zero-order chi connectivity index (χ0) is 14.7. The fourth-order valence-corrected chi connectivity index (χ4v) is 2.79. The molecule has 108 valence electrons. The molecule has 0 spiro atoms. The maximum absolute atomic E-state index is 12.3. The fourth-order valence-electron chi connectivity index (χ4n) is 2.79. The number of nitrogens with one attached hydrogen (secondary N) is 1. The Bertz CT molecular complexity index is 530. The number of rotatable bonds is 4. The molecule has 0 radical (unpaired) electrons. The second-order valence-electron chi connectivity index (χ2n) is 5.28. The molecule has 2 atom stereocenters. The SMILES string of the molecule is Cc1cc([N+](=O)[O-])ccc1NC(=O)C1CCCC1CN. The second kappa shape index (κ2) is 6.00. The number of nitrogens with zero attached hydrogens (tertiary/aromatic N) is 1. The second-order valence-corrected chi connectivity index (χ2v) is 5.28. The minimum Gasteiger partial charge on any atom is -0.330 e. The van der Waals surface area contributed by atoms with Crippen LogP contribution in [-0.4, -0.2) is 17.4 Å². The van der Waals surface area contributed by atoms with Crippen molar-refractivity contribution in [1.82, 2.24) is 0 Å². The van der Waals surface area contributed by atoms with Gasteiger partial charge in [0.25, 0.3) is 5.69 Å². The van der Waals surface area contributed by atoms with Crippen LogP contribution in [0.25, 0.3) is 0 Å². The van der Waals surface area contributed by atoms with Gasteiger partial charge in [-0.2, -0.15) is 0 Å². The van der Waals surface area contributed by atoms with Crippen LogP contribution in [0.1, 0.15) is 24.8 Å². The summed E-state index contributed by atoms with van der Waals surface area (Å²) >= 11 is 0. The van der Waals surface area contributed by atoms with Gasteiger partial charge in [0.1, 0.15) is 0 Å². The zero-order valence-electron chi connectivity index (χ0n) is 11.5. The van der Waals surface area contributed by atoms with Gasteiger partial charge in [-0.15, -0.1) is 0 Å². The van der Waals surface area contributed by atoms with Gasteiger partial charge in [-0.1, -0.05) is 6.42 Å². The van der Waals surface area contributed by atoms with Gasteiger partial charge < -0.3 is 11.1 Å². The Balaban J connectivity index is 2.10. The number of benzene rings is 1. The van der Waals surface area contributed by atoms with Crippen LogP contribution in [0.4, 0.5) is 11.4 Å². The van der Waals surface area contributed by atoms with Gasteiger partial charge >= 0.3 is 0 Å². The van der Waals surface area contributed by atoms with E-state index in [1.807, 2.05) is 0 Å². The molecule has 1 aromatic carbocycles. The van der Waals surface area contributed by atoms with E-state index < -0.39 is 4.92 Å². The Hall–Kier alpha value is -1.95. The summed E-state index contributed by atoms with van der Waals surface area (Å²) in [5.74, 6) is 0.165. The topological polar surface area (TPSA) is 98.3 Å². The molecular weight excluding hydrogens is 258 g/mol. The summed E-state index contributed by atoms with van der Waals surface area (Å²) in [5.41, 5.74) is 7.03. The van der Waals surface area contributed by atoms with E-state index in [4.69, 9.17) is 5.73 Å². The van der Waals surface area contributed by atoms with Gasteiger partial charge in [0.15, 0.2) is 0 Å². The Labute approximate surface area is 117 Å². The number of nitro benzene ring substituents is 1. The molecule has 3 N–H and O–H groups in total. The lowest BCUT2D eigenvalue weighted by molar-refractivity contribution is -0.384. The normalized spacial score (nSPS) is 21.7. The summed E-state index contributed by atoms with van der Waals surface area (Å²) in [6.45, 7) is 2.27. The fraction of sp³-hybridized carbons (Fsp3) is 0.500. The number of aryl methyl sites for hydroxylation is 1. The van der Waals surface area contributed by atoms with Crippen LogP contribution in [0.5, 0.6) is 0 Å². The van der Waals surface area contributed by atoms with Gasteiger partial charge in [0.05, 0.1) is 4.92 Å². The highest BCUT2D eigenvalue weighted by Gasteiger charge is 2.32. The summed E-state index contributed by atoms with van der Waals surface area (Å²) in [4.78, 5) is 22.5. The first-order valence-electron chi connectivity index (χ1n) is 6.79. The minimum absolute atomic E-state index is 0.0289. The van der Waals surface area contributed by atoms with E-state index in [1.165, 1.54) is 12.1 Å². The maximum atomic E-state index is 12.3. The highest BCUT2D eigenvalue weighted by Crippen LogP contribution is 2.32. The maximum Gasteiger partial charge on any atom is 0.269 e. The average Bonchev–Trinajstić information content (AvgIpc) is 2.89. The largest absolute Gasteiger partial charge is 0.330 e. The van der Waals surface area contributed by atoms with Crippen LogP contribution in [-0.2, 0) is 4.79 Å². The monoisotopic (exact) mass is 277 g/mol. The van der Waals surface area contributed by atoms with Crippen molar-refractivity contribution < 1.29 is 9.72 Å². The van der Waals surface area contributed by atoms with Crippen molar-refractivity contribution in [2.75, 3.05) is 11.9 Å². The summed E-state index contributed by atoms with van der Waals surface area (Å²) in [7, 11) is 0. The number of anilines is 1. The van der Waals surface area contributed by atoms with Crippen LogP contribution >= 0.6 is 0 Å². The lowest BCUT2D eigenvalue weighted by Gasteiger charge is -2.18. The first-order valence-corrected chi connectivity index (χ1v) is 6.79. The molecule has 1 amide bonds. The molecule has 6 nitrogen and oxygen atoms in total. The van der Waals surface area contributed by atoms with Crippen molar-refractivity contribution in [1.29, 1.82) is 0 Å². The molecule has 20 heavy (non-hydrogen) atoms. The summed E-state index contributed by atoms with van der Waals surface area (Å²) in [5, 5.41) is 13.5. The van der Waals surface area contributed by atoms with Gasteiger partial charge in [-0.05, 0) is 43.9 Å². The molecule has 6 heteroatoms. The molecule has 0 aromatic heterocycles. The summed E-state index contributed by atoms with van der Waals surface area (Å²) in [6, 6.07) is 4.44. The third kappa shape index (κ3) is 2.96. The van der Waals surface area contributed by atoms with Crippen molar-refractivity contribution in [3.63, 3.8) is 0 Å². The van der Waals surface area contributed by atoms with E-state index in [1.54, 1.807) is 13.0 Å². The molecule has 1 saturated carbocycles. The predicted molar refractivity (Wildman–Crippen MR) is 76.3 cm³/mol. The summed E-state index contributed by atoms with van der Waals surface area (Å²) < 4.78 is 0. The number of nitrogens with two attached hydrogens (primary N) is 1. The third-order valence-electron chi connectivity index (χ3n) is 3.98.